The van der Waals surface area contributed by atoms with E-state index < -0.39 is 0 Å². The largest absolute Gasteiger partial charge is 0.394 e. The van der Waals surface area contributed by atoms with Crippen molar-refractivity contribution in [1.82, 2.24) is 15.1 Å². The summed E-state index contributed by atoms with van der Waals surface area (Å²) in [5.74, 6) is 0.216. The Morgan fingerprint density at radius 1 is 1.18 bits per heavy atom. The zero-order valence-electron chi connectivity index (χ0n) is 18.0. The SMILES string of the molecule is CSCCC(CO)NC(=O)c1ccc2c(-c3ccccc3Cl)nn(-c3ccc(F)cc3)c2c1. The number of nitrogens with zero attached hydrogens (tertiary/aromatic N) is 2. The highest BCUT2D eigenvalue weighted by Crippen LogP contribution is 2.34. The molecular formula is C25H23ClFN3O2S. The van der Waals surface area contributed by atoms with Gasteiger partial charge in [-0.2, -0.15) is 16.9 Å². The first-order valence-electron chi connectivity index (χ1n) is 10.5. The Balaban J connectivity index is 1.80. The van der Waals surface area contributed by atoms with Crippen LogP contribution in [0.25, 0.3) is 27.8 Å². The van der Waals surface area contributed by atoms with Gasteiger partial charge in [0.1, 0.15) is 11.5 Å². The Morgan fingerprint density at radius 3 is 2.64 bits per heavy atom. The molecule has 170 valence electrons. The minimum atomic E-state index is -0.345. The van der Waals surface area contributed by atoms with Gasteiger partial charge < -0.3 is 10.4 Å². The average molecular weight is 484 g/mol. The number of hydrogen-bond donors (Lipinski definition) is 2. The summed E-state index contributed by atoms with van der Waals surface area (Å²) < 4.78 is 15.2. The first-order valence-corrected chi connectivity index (χ1v) is 12.2. The van der Waals surface area contributed by atoms with E-state index in [4.69, 9.17) is 16.7 Å². The topological polar surface area (TPSA) is 67.2 Å². The van der Waals surface area contributed by atoms with Crippen LogP contribution in [-0.2, 0) is 0 Å². The molecule has 0 saturated heterocycles. The molecule has 3 aromatic carbocycles. The van der Waals surface area contributed by atoms with Crippen molar-refractivity contribution in [3.05, 3.63) is 83.1 Å². The minimum absolute atomic E-state index is 0.126. The molecule has 0 saturated carbocycles. The van der Waals surface area contributed by atoms with E-state index in [1.54, 1.807) is 46.8 Å². The third-order valence-corrected chi connectivity index (χ3v) is 6.34. The van der Waals surface area contributed by atoms with Crippen molar-refractivity contribution >= 4 is 40.2 Å². The summed E-state index contributed by atoms with van der Waals surface area (Å²) >= 11 is 8.10. The Bertz CT molecular complexity index is 1280. The van der Waals surface area contributed by atoms with Crippen molar-refractivity contribution < 1.29 is 14.3 Å². The van der Waals surface area contributed by atoms with Crippen molar-refractivity contribution in [2.24, 2.45) is 0 Å². The van der Waals surface area contributed by atoms with Crippen molar-refractivity contribution in [3.63, 3.8) is 0 Å². The second-order valence-corrected chi connectivity index (χ2v) is 8.98. The molecule has 0 spiro atoms. The van der Waals surface area contributed by atoms with Gasteiger partial charge in [0.2, 0.25) is 0 Å². The first-order chi connectivity index (χ1) is 16.0. The Kier molecular flexibility index (Phi) is 7.33. The lowest BCUT2D eigenvalue weighted by Gasteiger charge is -2.16. The van der Waals surface area contributed by atoms with Gasteiger partial charge in [-0.1, -0.05) is 29.8 Å². The number of rotatable bonds is 8. The quantitative estimate of drug-likeness (QED) is 0.355. The molecule has 2 N–H and O–H groups in total. The maximum Gasteiger partial charge on any atom is 0.251 e. The van der Waals surface area contributed by atoms with Crippen LogP contribution in [0.15, 0.2) is 66.7 Å². The van der Waals surface area contributed by atoms with Crippen LogP contribution in [0.2, 0.25) is 5.02 Å². The van der Waals surface area contributed by atoms with Crippen molar-refractivity contribution in [2.45, 2.75) is 12.5 Å². The van der Waals surface area contributed by atoms with Crippen LogP contribution in [0.1, 0.15) is 16.8 Å². The molecule has 8 heteroatoms. The normalized spacial score (nSPS) is 12.1. The first kappa shape index (κ1) is 23.3. The standard InChI is InChI=1S/C25H23ClFN3O2S/c1-33-13-12-18(15-31)28-25(32)16-6-11-21-23(14-16)30(19-9-7-17(27)8-10-19)29-24(21)20-4-2-3-5-22(20)26/h2-11,14,18,31H,12-13,15H2,1H3,(H,28,32). The van der Waals surface area contributed by atoms with Gasteiger partial charge in [-0.3, -0.25) is 4.79 Å². The highest BCUT2D eigenvalue weighted by molar-refractivity contribution is 7.98. The summed E-state index contributed by atoms with van der Waals surface area (Å²) in [5, 5.41) is 18.6. The number of nitrogens with one attached hydrogen (secondary N) is 1. The average Bonchev–Trinajstić information content (AvgIpc) is 3.21. The fourth-order valence-electron chi connectivity index (χ4n) is 3.63. The van der Waals surface area contributed by atoms with Crippen molar-refractivity contribution in [2.75, 3.05) is 18.6 Å². The lowest BCUT2D eigenvalue weighted by molar-refractivity contribution is 0.0915. The van der Waals surface area contributed by atoms with Gasteiger partial charge >= 0.3 is 0 Å². The zero-order valence-corrected chi connectivity index (χ0v) is 19.5. The molecular weight excluding hydrogens is 461 g/mol. The minimum Gasteiger partial charge on any atom is -0.394 e. The maximum absolute atomic E-state index is 13.5. The van der Waals surface area contributed by atoms with Crippen LogP contribution < -0.4 is 5.32 Å². The van der Waals surface area contributed by atoms with Crippen LogP contribution in [0.4, 0.5) is 4.39 Å². The number of fused-ring (bicyclic) bond motifs is 1. The smallest absolute Gasteiger partial charge is 0.251 e. The summed E-state index contributed by atoms with van der Waals surface area (Å²) in [6.45, 7) is -0.126. The highest BCUT2D eigenvalue weighted by Gasteiger charge is 2.19. The van der Waals surface area contributed by atoms with E-state index >= 15 is 0 Å². The van der Waals surface area contributed by atoms with Gasteiger partial charge in [0.15, 0.2) is 0 Å². The maximum atomic E-state index is 13.5. The van der Waals surface area contributed by atoms with Crippen LogP contribution in [-0.4, -0.2) is 45.5 Å². The van der Waals surface area contributed by atoms with E-state index in [0.717, 1.165) is 16.7 Å². The molecule has 4 aromatic rings. The number of amides is 1. The summed E-state index contributed by atoms with van der Waals surface area (Å²) in [7, 11) is 0. The van der Waals surface area contributed by atoms with Gasteiger partial charge in [0.05, 0.1) is 28.9 Å². The molecule has 0 aliphatic rings. The van der Waals surface area contributed by atoms with Gasteiger partial charge in [-0.25, -0.2) is 9.07 Å². The molecule has 1 heterocycles. The number of carbonyl (C=O) groups is 1. The molecule has 33 heavy (non-hydrogen) atoms. The number of thioether (sulfide) groups is 1. The number of benzene rings is 3. The third kappa shape index (κ3) is 5.05. The molecule has 1 atom stereocenters. The van der Waals surface area contributed by atoms with Crippen LogP contribution in [0.3, 0.4) is 0 Å². The molecule has 0 aliphatic heterocycles. The van der Waals surface area contributed by atoms with Crippen LogP contribution >= 0.6 is 23.4 Å². The number of halogens is 2. The van der Waals surface area contributed by atoms with E-state index in [9.17, 15) is 14.3 Å². The van der Waals surface area contributed by atoms with E-state index in [-0.39, 0.29) is 24.4 Å². The molecule has 0 aliphatic carbocycles. The number of carbonyl (C=O) groups excluding carboxylic acids is 1. The van der Waals surface area contributed by atoms with Gasteiger partial charge in [-0.05, 0) is 67.0 Å². The van der Waals surface area contributed by atoms with Crippen LogP contribution in [0, 0.1) is 5.82 Å². The fourth-order valence-corrected chi connectivity index (χ4v) is 4.37. The number of aromatic nitrogens is 2. The monoisotopic (exact) mass is 483 g/mol. The third-order valence-electron chi connectivity index (χ3n) is 5.37. The van der Waals surface area contributed by atoms with E-state index in [0.29, 0.717) is 33.9 Å². The molecule has 0 bridgehead atoms. The molecule has 1 unspecified atom stereocenters. The van der Waals surface area contributed by atoms with E-state index in [1.165, 1.54) is 12.1 Å². The molecule has 0 fully saturated rings. The molecule has 1 amide bonds. The highest BCUT2D eigenvalue weighted by atomic mass is 35.5. The number of aliphatic hydroxyl groups is 1. The fraction of sp³-hybridized carbons (Fsp3) is 0.200. The Morgan fingerprint density at radius 2 is 1.94 bits per heavy atom. The van der Waals surface area contributed by atoms with Gasteiger partial charge in [-0.15, -0.1) is 0 Å². The number of hydrogen-bond acceptors (Lipinski definition) is 4. The molecule has 5 nitrogen and oxygen atoms in total. The molecule has 0 radical (unpaired) electrons. The van der Waals surface area contributed by atoms with E-state index in [1.807, 2.05) is 30.5 Å². The van der Waals surface area contributed by atoms with Gasteiger partial charge in [0.25, 0.3) is 5.91 Å². The van der Waals surface area contributed by atoms with E-state index in [2.05, 4.69) is 5.32 Å². The lowest BCUT2D eigenvalue weighted by atomic mass is 10.1. The summed E-state index contributed by atoms with van der Waals surface area (Å²) in [6.07, 6.45) is 2.66. The molecule has 1 aromatic heterocycles. The van der Waals surface area contributed by atoms with Crippen LogP contribution in [0.5, 0.6) is 0 Å². The van der Waals surface area contributed by atoms with Crippen molar-refractivity contribution in [1.29, 1.82) is 0 Å². The molecule has 4 rings (SSSR count). The number of aliphatic hydroxyl groups excluding tert-OH is 1. The Hall–Kier alpha value is -2.87. The van der Waals surface area contributed by atoms with Gasteiger partial charge in [0, 0.05) is 16.5 Å². The predicted octanol–water partition coefficient (Wildman–Crippen LogP) is 5.33. The van der Waals surface area contributed by atoms with Crippen molar-refractivity contribution in [3.8, 4) is 16.9 Å². The second-order valence-electron chi connectivity index (χ2n) is 7.58. The summed E-state index contributed by atoms with van der Waals surface area (Å²) in [5.41, 5.74) is 3.22. The lowest BCUT2D eigenvalue weighted by Crippen LogP contribution is -2.37. The second kappa shape index (κ2) is 10.4. The zero-order chi connectivity index (χ0) is 23.4. The summed E-state index contributed by atoms with van der Waals surface area (Å²) in [4.78, 5) is 12.9. The summed E-state index contributed by atoms with van der Waals surface area (Å²) in [6, 6.07) is 18.4. The Labute approximate surface area is 200 Å². The predicted molar refractivity (Wildman–Crippen MR) is 133 cm³/mol.